The van der Waals surface area contributed by atoms with E-state index in [0.29, 0.717) is 48.4 Å². The highest BCUT2D eigenvalue weighted by Crippen LogP contribution is 2.32. The standard InChI is InChI=1S/C23H22Cl2N4O4S2/c24-16-10-15(11-17(25)12-16)21-14-28(7-8-33-21)20-4-6-29(22(20)30)18-2-1-3-19(13-18)35(31,32)27-23-26-5-9-34-23/h1-3,5,9-13,20-21H,4,6-8,14H2,(H,26,27)/t20-,21?/m0/s1. The van der Waals surface area contributed by atoms with Gasteiger partial charge in [-0.05, 0) is 48.4 Å². The summed E-state index contributed by atoms with van der Waals surface area (Å²) in [6.45, 7) is 2.14. The molecule has 35 heavy (non-hydrogen) atoms. The smallest absolute Gasteiger partial charge is 0.263 e. The molecule has 0 aliphatic carbocycles. The monoisotopic (exact) mass is 552 g/mol. The number of thiazole rings is 1. The van der Waals surface area contributed by atoms with Crippen molar-refractivity contribution in [2.45, 2.75) is 23.5 Å². The zero-order chi connectivity index (χ0) is 24.6. The average Bonchev–Trinajstić information content (AvgIpc) is 3.48. The second-order valence-corrected chi connectivity index (χ2v) is 11.7. The van der Waals surface area contributed by atoms with Gasteiger partial charge >= 0.3 is 0 Å². The van der Waals surface area contributed by atoms with Gasteiger partial charge < -0.3 is 9.64 Å². The summed E-state index contributed by atoms with van der Waals surface area (Å²) in [7, 11) is -3.82. The third-order valence-electron chi connectivity index (χ3n) is 6.07. The predicted octanol–water partition coefficient (Wildman–Crippen LogP) is 4.43. The molecule has 0 saturated carbocycles. The van der Waals surface area contributed by atoms with Crippen LogP contribution in [0, 0.1) is 0 Å². The molecule has 1 unspecified atom stereocenters. The van der Waals surface area contributed by atoms with E-state index in [-0.39, 0.29) is 28.1 Å². The van der Waals surface area contributed by atoms with Crippen LogP contribution in [-0.4, -0.2) is 56.5 Å². The fourth-order valence-corrected chi connectivity index (χ4v) is 6.81. The largest absolute Gasteiger partial charge is 0.371 e. The molecule has 3 heterocycles. The van der Waals surface area contributed by atoms with Crippen molar-refractivity contribution in [3.05, 3.63) is 69.7 Å². The first-order valence-electron chi connectivity index (χ1n) is 11.0. The van der Waals surface area contributed by atoms with Gasteiger partial charge in [-0.3, -0.25) is 14.4 Å². The van der Waals surface area contributed by atoms with Crippen molar-refractivity contribution in [3.63, 3.8) is 0 Å². The van der Waals surface area contributed by atoms with Gasteiger partial charge in [-0.2, -0.15) is 0 Å². The van der Waals surface area contributed by atoms with Crippen molar-refractivity contribution in [1.82, 2.24) is 9.88 Å². The van der Waals surface area contributed by atoms with Gasteiger partial charge in [-0.15, -0.1) is 11.3 Å². The lowest BCUT2D eigenvalue weighted by molar-refractivity contribution is -0.125. The van der Waals surface area contributed by atoms with Crippen LogP contribution in [0.3, 0.4) is 0 Å². The molecule has 2 aliphatic heterocycles. The van der Waals surface area contributed by atoms with Crippen molar-refractivity contribution in [2.75, 3.05) is 35.9 Å². The van der Waals surface area contributed by atoms with E-state index in [0.717, 1.165) is 5.56 Å². The zero-order valence-electron chi connectivity index (χ0n) is 18.4. The Morgan fingerprint density at radius 2 is 1.91 bits per heavy atom. The minimum atomic E-state index is -3.82. The summed E-state index contributed by atoms with van der Waals surface area (Å²) in [4.78, 5) is 21.2. The molecule has 2 aliphatic rings. The van der Waals surface area contributed by atoms with Crippen molar-refractivity contribution < 1.29 is 17.9 Å². The zero-order valence-corrected chi connectivity index (χ0v) is 21.6. The van der Waals surface area contributed by atoms with E-state index >= 15 is 0 Å². The lowest BCUT2D eigenvalue weighted by Crippen LogP contribution is -2.48. The van der Waals surface area contributed by atoms with Crippen LogP contribution in [0.15, 0.2) is 58.9 Å². The number of rotatable bonds is 6. The SMILES string of the molecule is O=C1[C@@H](N2CCOC(c3cc(Cl)cc(Cl)c3)C2)CCN1c1cccc(S(=O)(=O)Nc2nccs2)c1. The van der Waals surface area contributed by atoms with Crippen LogP contribution in [0.1, 0.15) is 18.1 Å². The molecule has 2 saturated heterocycles. The molecule has 184 valence electrons. The van der Waals surface area contributed by atoms with Crippen molar-refractivity contribution >= 4 is 61.3 Å². The van der Waals surface area contributed by atoms with Gasteiger partial charge in [0.1, 0.15) is 0 Å². The van der Waals surface area contributed by atoms with Crippen molar-refractivity contribution in [1.29, 1.82) is 0 Å². The Hall–Kier alpha value is -2.21. The van der Waals surface area contributed by atoms with Crippen LogP contribution >= 0.6 is 34.5 Å². The van der Waals surface area contributed by atoms with Crippen LogP contribution in [0.5, 0.6) is 0 Å². The Kier molecular flexibility index (Phi) is 7.02. The van der Waals surface area contributed by atoms with Gasteiger partial charge in [-0.1, -0.05) is 29.3 Å². The van der Waals surface area contributed by atoms with Gasteiger partial charge in [0.15, 0.2) is 5.13 Å². The molecule has 3 aromatic rings. The Morgan fingerprint density at radius 3 is 2.66 bits per heavy atom. The summed E-state index contributed by atoms with van der Waals surface area (Å²) in [5.41, 5.74) is 1.42. The number of ether oxygens (including phenoxy) is 1. The Labute approximate surface area is 217 Å². The van der Waals surface area contributed by atoms with E-state index in [4.69, 9.17) is 27.9 Å². The number of carbonyl (C=O) groups is 1. The fraction of sp³-hybridized carbons (Fsp3) is 0.304. The quantitative estimate of drug-likeness (QED) is 0.486. The summed E-state index contributed by atoms with van der Waals surface area (Å²) < 4.78 is 34.0. The number of amides is 1. The number of nitrogens with zero attached hydrogens (tertiary/aromatic N) is 3. The fourth-order valence-electron chi connectivity index (χ4n) is 4.44. The van der Waals surface area contributed by atoms with Crippen molar-refractivity contribution in [2.24, 2.45) is 0 Å². The number of morpholine rings is 1. The van der Waals surface area contributed by atoms with E-state index < -0.39 is 10.0 Å². The highest BCUT2D eigenvalue weighted by molar-refractivity contribution is 7.93. The number of hydrogen-bond donors (Lipinski definition) is 1. The third-order valence-corrected chi connectivity index (χ3v) is 8.66. The molecule has 12 heteroatoms. The first kappa shape index (κ1) is 24.5. The number of sulfonamides is 1. The number of benzene rings is 2. The topological polar surface area (TPSA) is 91.8 Å². The molecule has 0 bridgehead atoms. The molecule has 1 aromatic heterocycles. The molecule has 2 atom stereocenters. The normalized spacial score (nSPS) is 21.4. The molecular weight excluding hydrogens is 531 g/mol. The van der Waals surface area contributed by atoms with Crippen LogP contribution in [0.4, 0.5) is 10.8 Å². The van der Waals surface area contributed by atoms with Gasteiger partial charge in [0.05, 0.1) is 23.6 Å². The molecule has 1 N–H and O–H groups in total. The van der Waals surface area contributed by atoms with E-state index in [2.05, 4.69) is 14.6 Å². The van der Waals surface area contributed by atoms with E-state index in [1.165, 1.54) is 29.7 Å². The molecule has 1 amide bonds. The van der Waals surface area contributed by atoms with Crippen molar-refractivity contribution in [3.8, 4) is 0 Å². The molecule has 0 radical (unpaired) electrons. The van der Waals surface area contributed by atoms with E-state index in [1.807, 2.05) is 12.1 Å². The summed E-state index contributed by atoms with van der Waals surface area (Å²) in [6.07, 6.45) is 1.92. The minimum Gasteiger partial charge on any atom is -0.371 e. The number of halogens is 2. The van der Waals surface area contributed by atoms with Crippen LogP contribution in [0.2, 0.25) is 10.0 Å². The van der Waals surface area contributed by atoms with Gasteiger partial charge in [0.2, 0.25) is 5.91 Å². The highest BCUT2D eigenvalue weighted by Gasteiger charge is 2.39. The third kappa shape index (κ3) is 5.32. The van der Waals surface area contributed by atoms with Crippen LogP contribution in [-0.2, 0) is 19.6 Å². The number of anilines is 2. The maximum absolute atomic E-state index is 13.4. The lowest BCUT2D eigenvalue weighted by atomic mass is 10.1. The lowest BCUT2D eigenvalue weighted by Gasteiger charge is -2.36. The van der Waals surface area contributed by atoms with Gasteiger partial charge in [-0.25, -0.2) is 13.4 Å². The summed E-state index contributed by atoms with van der Waals surface area (Å²) in [6, 6.07) is 11.4. The summed E-state index contributed by atoms with van der Waals surface area (Å²) in [5.74, 6) is -0.0581. The van der Waals surface area contributed by atoms with Gasteiger partial charge in [0.25, 0.3) is 10.0 Å². The first-order valence-corrected chi connectivity index (χ1v) is 14.1. The number of carbonyl (C=O) groups excluding carboxylic acids is 1. The second-order valence-electron chi connectivity index (χ2n) is 8.29. The van der Waals surface area contributed by atoms with Gasteiger partial charge in [0, 0.05) is 46.9 Å². The highest BCUT2D eigenvalue weighted by atomic mass is 35.5. The molecule has 5 rings (SSSR count). The molecular formula is C23H22Cl2N4O4S2. The van der Waals surface area contributed by atoms with E-state index in [1.54, 1.807) is 28.5 Å². The summed E-state index contributed by atoms with van der Waals surface area (Å²) in [5, 5.41) is 3.05. The molecule has 2 aromatic carbocycles. The van der Waals surface area contributed by atoms with E-state index in [9.17, 15) is 13.2 Å². The summed E-state index contributed by atoms with van der Waals surface area (Å²) >= 11 is 13.5. The molecule has 0 spiro atoms. The Balaban J connectivity index is 1.31. The number of hydrogen-bond acceptors (Lipinski definition) is 7. The Morgan fingerprint density at radius 1 is 1.11 bits per heavy atom. The number of aromatic nitrogens is 1. The molecule has 8 nitrogen and oxygen atoms in total. The maximum atomic E-state index is 13.4. The van der Waals surface area contributed by atoms with Crippen LogP contribution < -0.4 is 9.62 Å². The number of nitrogens with one attached hydrogen (secondary N) is 1. The predicted molar refractivity (Wildman–Crippen MR) is 137 cm³/mol. The Bertz CT molecular complexity index is 1320. The average molecular weight is 553 g/mol. The van der Waals surface area contributed by atoms with Crippen LogP contribution in [0.25, 0.3) is 0 Å². The minimum absolute atomic E-state index is 0.0581. The maximum Gasteiger partial charge on any atom is 0.263 e. The first-order chi connectivity index (χ1) is 16.8. The molecule has 2 fully saturated rings. The second kappa shape index (κ2) is 10.0.